The Morgan fingerprint density at radius 1 is 0.784 bits per heavy atom. The van der Waals surface area contributed by atoms with Crippen LogP contribution in [-0.4, -0.2) is 11.6 Å². The van der Waals surface area contributed by atoms with Gasteiger partial charge in [0.05, 0.1) is 0 Å². The second kappa shape index (κ2) is 24.4. The monoisotopic (exact) mass is 724 g/mol. The van der Waals surface area contributed by atoms with Crippen molar-refractivity contribution in [3.8, 4) is 17.2 Å². The Morgan fingerprint density at radius 2 is 1.24 bits per heavy atom. The fourth-order valence-electron chi connectivity index (χ4n) is 2.16. The predicted octanol–water partition coefficient (Wildman–Crippen LogP) is 2.08. The molecule has 0 heterocycles. The molecule has 0 aliphatic rings. The molecule has 0 fully saturated rings. The second-order valence-corrected chi connectivity index (χ2v) is 8.84. The summed E-state index contributed by atoms with van der Waals surface area (Å²) in [5.41, 5.74) is 0. The van der Waals surface area contributed by atoms with Crippen LogP contribution >= 0.6 is 55.1 Å². The van der Waals surface area contributed by atoms with E-state index in [9.17, 15) is 4.39 Å². The van der Waals surface area contributed by atoms with Gasteiger partial charge >= 0.3 is 103 Å². The number of carbonyl (C=O) groups excluding carboxylic acids is 1. The zero-order chi connectivity index (χ0) is 26.1. The van der Waals surface area contributed by atoms with Gasteiger partial charge in [-0.2, -0.15) is 0 Å². The fourth-order valence-corrected chi connectivity index (χ4v) is 3.81. The summed E-state index contributed by atoms with van der Waals surface area (Å²) in [6.07, 6.45) is 0. The van der Waals surface area contributed by atoms with Crippen molar-refractivity contribution in [1.82, 2.24) is 0 Å². The largest absolute Gasteiger partial charge is 1.00 e. The third kappa shape index (κ3) is 21.1. The number of para-hydroxylation sites is 2. The Labute approximate surface area is 328 Å². The molecule has 4 rings (SSSR count). The van der Waals surface area contributed by atoms with Crippen LogP contribution in [0.25, 0.3) is 0 Å². The summed E-state index contributed by atoms with van der Waals surface area (Å²) in [6, 6.07) is 28.0. The van der Waals surface area contributed by atoms with Crippen LogP contribution in [0.4, 0.5) is 4.39 Å². The molecule has 0 aromatic heterocycles. The first kappa shape index (κ1) is 39.8. The summed E-state index contributed by atoms with van der Waals surface area (Å²) < 4.78 is 19.5. The maximum Gasteiger partial charge on any atom is 1.00 e. The third-order valence-electron chi connectivity index (χ3n) is 3.44. The Morgan fingerprint density at radius 3 is 1.62 bits per heavy atom. The van der Waals surface area contributed by atoms with Crippen LogP contribution in [-0.2, 0) is 9.68 Å². The first-order chi connectivity index (χ1) is 16.7. The summed E-state index contributed by atoms with van der Waals surface area (Å²) in [5, 5.41) is 18.1. The molecule has 37 heavy (non-hydrogen) atoms. The zero-order valence-electron chi connectivity index (χ0n) is 20.8. The molecule has 0 saturated heterocycles. The predicted molar refractivity (Wildman–Crippen MR) is 141 cm³/mol. The van der Waals surface area contributed by atoms with E-state index in [-0.39, 0.29) is 116 Å². The average molecular weight is 727 g/mol. The van der Waals surface area contributed by atoms with E-state index in [2.05, 4.69) is 36.7 Å². The number of rotatable bonds is 3. The molecule has 4 aromatic rings. The number of phenols is 1. The molecule has 0 spiro atoms. The van der Waals surface area contributed by atoms with Crippen molar-refractivity contribution in [3.05, 3.63) is 122 Å². The van der Waals surface area contributed by atoms with Crippen LogP contribution in [0.3, 0.4) is 0 Å². The standard InChI is InChI=1S/C12H8BrClO.C6H3BrClF.C6H6O.CH2O3.2K.H/c13-9-6-10(14)8-12(7-9)15-11-4-2-1-3-5-11;7-4-1-5(8)3-6(9)2-4;7-6-4-2-1-3-5-6;2-1-4-3;;;/h1-8H;1-3H;1-5,7H;1,3H;;;/q;;;;2*+1;-1/p-1. The molecule has 0 radical (unpaired) electrons. The van der Waals surface area contributed by atoms with E-state index in [4.69, 9.17) is 43.1 Å². The number of phenolic OH excluding ortho intramolecular Hbond substituents is 1. The molecule has 0 saturated carbocycles. The molecule has 0 atom stereocenters. The second-order valence-electron chi connectivity index (χ2n) is 6.14. The van der Waals surface area contributed by atoms with Crippen molar-refractivity contribution < 1.29 is 133 Å². The van der Waals surface area contributed by atoms with Gasteiger partial charge in [0.2, 0.25) is 0 Å². The van der Waals surface area contributed by atoms with E-state index in [0.717, 1.165) is 16.0 Å². The van der Waals surface area contributed by atoms with Gasteiger partial charge < -0.3 is 21.4 Å². The van der Waals surface area contributed by atoms with Crippen molar-refractivity contribution in [2.45, 2.75) is 0 Å². The maximum atomic E-state index is 12.3. The molecule has 0 amide bonds. The molecule has 4 aromatic carbocycles. The molecule has 0 bridgehead atoms. The number of carbonyl (C=O) groups is 1. The smallest absolute Gasteiger partial charge is 1.00 e. The number of halogens is 5. The Hall–Kier alpha value is 0.653. The number of benzene rings is 4. The van der Waals surface area contributed by atoms with Crippen molar-refractivity contribution >= 4 is 61.5 Å². The molecule has 0 unspecified atom stereocenters. The zero-order valence-corrected chi connectivity index (χ0v) is 30.7. The van der Waals surface area contributed by atoms with Crippen LogP contribution in [0.15, 0.2) is 106 Å². The number of hydrogen-bond donors (Lipinski definition) is 1. The molecule has 0 aliphatic heterocycles. The van der Waals surface area contributed by atoms with Gasteiger partial charge in [-0.05, 0) is 60.7 Å². The molecule has 186 valence electrons. The van der Waals surface area contributed by atoms with Gasteiger partial charge in [0.15, 0.2) is 0 Å². The molecule has 1 N–H and O–H groups in total. The molecular weight excluding hydrogens is 708 g/mol. The number of hydrogen-bond acceptors (Lipinski definition) is 5. The van der Waals surface area contributed by atoms with Crippen molar-refractivity contribution in [3.63, 3.8) is 0 Å². The minimum absolute atomic E-state index is 0. The maximum absolute atomic E-state index is 12.3. The molecule has 12 heteroatoms. The van der Waals surface area contributed by atoms with E-state index >= 15 is 0 Å². The first-order valence-electron chi connectivity index (χ1n) is 9.50. The van der Waals surface area contributed by atoms with Crippen molar-refractivity contribution in [1.29, 1.82) is 0 Å². The van der Waals surface area contributed by atoms with E-state index < -0.39 is 0 Å². The SMILES string of the molecule is Clc1cc(Br)cc(Oc2ccccc2)c1.Fc1cc(Cl)cc(Br)c1.O=CO[O-].Oc1ccccc1.[H-].[K+].[K+]. The van der Waals surface area contributed by atoms with Crippen LogP contribution in [0.1, 0.15) is 1.43 Å². The van der Waals surface area contributed by atoms with Crippen LogP contribution in [0.2, 0.25) is 10.0 Å². The van der Waals surface area contributed by atoms with Crippen molar-refractivity contribution in [2.24, 2.45) is 0 Å². The van der Waals surface area contributed by atoms with Gasteiger partial charge in [0, 0.05) is 19.0 Å². The van der Waals surface area contributed by atoms with Crippen LogP contribution in [0, 0.1) is 5.82 Å². The summed E-state index contributed by atoms with van der Waals surface area (Å²) >= 11 is 17.8. The van der Waals surface area contributed by atoms with E-state index in [1.165, 1.54) is 12.1 Å². The minimum atomic E-state index is -0.325. The van der Waals surface area contributed by atoms with Crippen LogP contribution in [0.5, 0.6) is 17.2 Å². The number of aromatic hydroxyl groups is 1. The summed E-state index contributed by atoms with van der Waals surface area (Å²) in [4.78, 5) is 11.2. The Bertz CT molecular complexity index is 1100. The Balaban J connectivity index is -0.000000462. The number of ether oxygens (including phenoxy) is 1. The molecule has 0 aliphatic carbocycles. The van der Waals surface area contributed by atoms with Gasteiger partial charge in [0.25, 0.3) is 6.47 Å². The summed E-state index contributed by atoms with van der Waals surface area (Å²) in [6.45, 7) is -0.181. The molecule has 5 nitrogen and oxygen atoms in total. The minimum Gasteiger partial charge on any atom is -1.00 e. The first-order valence-corrected chi connectivity index (χ1v) is 11.8. The van der Waals surface area contributed by atoms with Gasteiger partial charge in [-0.25, -0.2) is 4.39 Å². The average Bonchev–Trinajstić information content (AvgIpc) is 2.80. The summed E-state index contributed by atoms with van der Waals surface area (Å²) in [5.74, 6) is 1.52. The van der Waals surface area contributed by atoms with E-state index in [1.807, 2.05) is 48.5 Å². The van der Waals surface area contributed by atoms with Crippen molar-refractivity contribution in [2.75, 3.05) is 0 Å². The van der Waals surface area contributed by atoms with Gasteiger partial charge in [-0.3, -0.25) is 4.79 Å². The van der Waals surface area contributed by atoms with E-state index in [0.29, 0.717) is 20.3 Å². The molecular formula is C25H19Br2Cl2FK2O5. The topological polar surface area (TPSA) is 78.8 Å². The van der Waals surface area contributed by atoms with Gasteiger partial charge in [-0.15, -0.1) is 0 Å². The Kier molecular flexibility index (Phi) is 26.3. The fraction of sp³-hybridized carbons (Fsp3) is 0. The van der Waals surface area contributed by atoms with Crippen LogP contribution < -0.4 is 113 Å². The normalized spacial score (nSPS) is 8.59. The van der Waals surface area contributed by atoms with E-state index in [1.54, 1.807) is 36.4 Å². The third-order valence-corrected chi connectivity index (χ3v) is 4.79. The quantitative estimate of drug-likeness (QED) is 0.152. The van der Waals surface area contributed by atoms with Gasteiger partial charge in [0.1, 0.15) is 23.1 Å². The van der Waals surface area contributed by atoms with Gasteiger partial charge in [-0.1, -0.05) is 91.5 Å². The summed E-state index contributed by atoms with van der Waals surface area (Å²) in [7, 11) is 0.